The van der Waals surface area contributed by atoms with Crippen LogP contribution in [0.1, 0.15) is 29.5 Å². The van der Waals surface area contributed by atoms with Crippen LogP contribution in [0.25, 0.3) is 0 Å². The van der Waals surface area contributed by atoms with Crippen LogP contribution >= 0.6 is 0 Å². The third kappa shape index (κ3) is 4.24. The Morgan fingerprint density at radius 2 is 1.79 bits per heavy atom. The number of hydrogen-bond donors (Lipinski definition) is 1. The van der Waals surface area contributed by atoms with Gasteiger partial charge in [0.2, 0.25) is 5.91 Å². The largest absolute Gasteiger partial charge is 0.326 e. The molecule has 0 atom stereocenters. The summed E-state index contributed by atoms with van der Waals surface area (Å²) in [4.78, 5) is 15.0. The number of carbonyl (C=O) groups excluding carboxylic acids is 1. The molecule has 1 amide bonds. The van der Waals surface area contributed by atoms with Crippen LogP contribution in [-0.2, 0) is 11.3 Å². The van der Waals surface area contributed by atoms with Crippen molar-refractivity contribution in [3.63, 3.8) is 0 Å². The van der Waals surface area contributed by atoms with Crippen LogP contribution in [-0.4, -0.2) is 23.9 Å². The minimum Gasteiger partial charge on any atom is -0.326 e. The Hall–Kier alpha value is -2.13. The maximum Gasteiger partial charge on any atom is 0.227 e. The predicted octanol–water partition coefficient (Wildman–Crippen LogP) is 4.15. The van der Waals surface area contributed by atoms with Crippen LogP contribution in [0.15, 0.2) is 48.5 Å². The zero-order valence-electron chi connectivity index (χ0n) is 14.6. The number of anilines is 1. The number of piperidine rings is 1. The van der Waals surface area contributed by atoms with Crippen molar-refractivity contribution in [1.29, 1.82) is 0 Å². The Morgan fingerprint density at radius 1 is 1.08 bits per heavy atom. The summed E-state index contributed by atoms with van der Waals surface area (Å²) in [6.45, 7) is 7.04. The van der Waals surface area contributed by atoms with E-state index in [4.69, 9.17) is 0 Å². The Bertz CT molecular complexity index is 688. The topological polar surface area (TPSA) is 32.3 Å². The molecule has 1 fully saturated rings. The van der Waals surface area contributed by atoms with Crippen LogP contribution < -0.4 is 5.32 Å². The number of aryl methyl sites for hydroxylation is 2. The van der Waals surface area contributed by atoms with E-state index in [-0.39, 0.29) is 11.8 Å². The van der Waals surface area contributed by atoms with E-state index in [1.165, 1.54) is 11.1 Å². The number of nitrogens with zero attached hydrogens (tertiary/aromatic N) is 1. The smallest absolute Gasteiger partial charge is 0.227 e. The number of hydrogen-bond acceptors (Lipinski definition) is 2. The number of likely N-dealkylation sites (tertiary alicyclic amines) is 1. The summed E-state index contributed by atoms with van der Waals surface area (Å²) in [5.74, 6) is 0.292. The minimum atomic E-state index is 0.122. The molecule has 0 aromatic heterocycles. The molecule has 0 radical (unpaired) electrons. The molecule has 3 nitrogen and oxygen atoms in total. The molecule has 0 unspecified atom stereocenters. The Kier molecular flexibility index (Phi) is 5.31. The van der Waals surface area contributed by atoms with E-state index in [9.17, 15) is 4.79 Å². The van der Waals surface area contributed by atoms with Crippen molar-refractivity contribution in [3.8, 4) is 0 Å². The summed E-state index contributed by atoms with van der Waals surface area (Å²) in [6.07, 6.45) is 1.87. The van der Waals surface area contributed by atoms with Gasteiger partial charge in [-0.3, -0.25) is 9.69 Å². The highest BCUT2D eigenvalue weighted by Crippen LogP contribution is 2.23. The second-order valence-electron chi connectivity index (χ2n) is 6.84. The first-order valence-corrected chi connectivity index (χ1v) is 8.76. The lowest BCUT2D eigenvalue weighted by Gasteiger charge is -2.31. The van der Waals surface area contributed by atoms with Crippen LogP contribution in [0.4, 0.5) is 5.69 Å². The molecule has 126 valence electrons. The first kappa shape index (κ1) is 16.7. The highest BCUT2D eigenvalue weighted by molar-refractivity contribution is 5.93. The van der Waals surface area contributed by atoms with E-state index in [2.05, 4.69) is 59.6 Å². The number of nitrogens with one attached hydrogen (secondary N) is 1. The quantitative estimate of drug-likeness (QED) is 0.917. The molecule has 3 rings (SSSR count). The van der Waals surface area contributed by atoms with Gasteiger partial charge in [0.05, 0.1) is 0 Å². The van der Waals surface area contributed by atoms with Gasteiger partial charge in [-0.15, -0.1) is 0 Å². The minimum absolute atomic E-state index is 0.122. The van der Waals surface area contributed by atoms with E-state index in [0.29, 0.717) is 0 Å². The lowest BCUT2D eigenvalue weighted by molar-refractivity contribution is -0.121. The van der Waals surface area contributed by atoms with Crippen LogP contribution in [0.3, 0.4) is 0 Å². The van der Waals surface area contributed by atoms with Crippen molar-refractivity contribution in [1.82, 2.24) is 4.90 Å². The Labute approximate surface area is 144 Å². The van der Waals surface area contributed by atoms with Gasteiger partial charge in [-0.05, 0) is 62.5 Å². The van der Waals surface area contributed by atoms with Gasteiger partial charge >= 0.3 is 0 Å². The second-order valence-corrected chi connectivity index (χ2v) is 6.84. The lowest BCUT2D eigenvalue weighted by atomic mass is 9.95. The first-order chi connectivity index (χ1) is 11.6. The molecule has 1 N–H and O–H groups in total. The van der Waals surface area contributed by atoms with Crippen molar-refractivity contribution in [2.24, 2.45) is 5.92 Å². The molecule has 1 saturated heterocycles. The summed E-state index contributed by atoms with van der Waals surface area (Å²) in [7, 11) is 0. The molecule has 1 heterocycles. The molecular weight excluding hydrogens is 296 g/mol. The first-order valence-electron chi connectivity index (χ1n) is 8.76. The second kappa shape index (κ2) is 7.63. The van der Waals surface area contributed by atoms with Gasteiger partial charge in [-0.1, -0.05) is 42.5 Å². The standard InChI is InChI=1S/C21H26N2O/c1-16-8-9-17(2)20(14-16)22-21(24)19-10-12-23(13-11-19)15-18-6-4-3-5-7-18/h3-9,14,19H,10-13,15H2,1-2H3,(H,22,24). The monoisotopic (exact) mass is 322 g/mol. The van der Waals surface area contributed by atoms with Crippen molar-refractivity contribution in [2.75, 3.05) is 18.4 Å². The van der Waals surface area contributed by atoms with Crippen LogP contribution in [0.2, 0.25) is 0 Å². The molecule has 3 heteroatoms. The highest BCUT2D eigenvalue weighted by atomic mass is 16.1. The maximum absolute atomic E-state index is 12.6. The average molecular weight is 322 g/mol. The third-order valence-electron chi connectivity index (χ3n) is 4.86. The zero-order valence-corrected chi connectivity index (χ0v) is 14.6. The summed E-state index contributed by atoms with van der Waals surface area (Å²) >= 11 is 0. The van der Waals surface area contributed by atoms with Crippen molar-refractivity contribution < 1.29 is 4.79 Å². The molecule has 0 spiro atoms. The van der Waals surface area contributed by atoms with E-state index in [1.807, 2.05) is 13.0 Å². The van der Waals surface area contributed by atoms with Crippen molar-refractivity contribution in [2.45, 2.75) is 33.2 Å². The summed E-state index contributed by atoms with van der Waals surface area (Å²) in [5.41, 5.74) is 4.59. The Balaban J connectivity index is 1.52. The fourth-order valence-corrected chi connectivity index (χ4v) is 3.30. The summed E-state index contributed by atoms with van der Waals surface area (Å²) in [6, 6.07) is 16.7. The van der Waals surface area contributed by atoms with E-state index in [1.54, 1.807) is 0 Å². The third-order valence-corrected chi connectivity index (χ3v) is 4.86. The number of amides is 1. The molecule has 1 aliphatic heterocycles. The fourth-order valence-electron chi connectivity index (χ4n) is 3.30. The average Bonchev–Trinajstić information content (AvgIpc) is 2.60. The van der Waals surface area contributed by atoms with Gasteiger partial charge < -0.3 is 5.32 Å². The summed E-state index contributed by atoms with van der Waals surface area (Å²) in [5, 5.41) is 3.13. The molecule has 0 aliphatic carbocycles. The molecule has 1 aliphatic rings. The summed E-state index contributed by atoms with van der Waals surface area (Å²) < 4.78 is 0. The molecule has 2 aromatic rings. The van der Waals surface area contributed by atoms with Crippen molar-refractivity contribution >= 4 is 11.6 Å². The van der Waals surface area contributed by atoms with Gasteiger partial charge in [0.15, 0.2) is 0 Å². The van der Waals surface area contributed by atoms with Gasteiger partial charge in [0.1, 0.15) is 0 Å². The van der Waals surface area contributed by atoms with Gasteiger partial charge in [0, 0.05) is 18.2 Å². The van der Waals surface area contributed by atoms with Crippen LogP contribution in [0, 0.1) is 19.8 Å². The van der Waals surface area contributed by atoms with Gasteiger partial charge in [-0.2, -0.15) is 0 Å². The SMILES string of the molecule is Cc1ccc(C)c(NC(=O)C2CCN(Cc3ccccc3)CC2)c1. The normalized spacial score (nSPS) is 16.1. The maximum atomic E-state index is 12.6. The van der Waals surface area contributed by atoms with E-state index in [0.717, 1.165) is 43.7 Å². The van der Waals surface area contributed by atoms with Crippen LogP contribution in [0.5, 0.6) is 0 Å². The molecular formula is C21H26N2O. The lowest BCUT2D eigenvalue weighted by Crippen LogP contribution is -2.37. The molecule has 0 saturated carbocycles. The van der Waals surface area contributed by atoms with Gasteiger partial charge in [-0.25, -0.2) is 0 Å². The van der Waals surface area contributed by atoms with E-state index < -0.39 is 0 Å². The zero-order chi connectivity index (χ0) is 16.9. The molecule has 0 bridgehead atoms. The fraction of sp³-hybridized carbons (Fsp3) is 0.381. The van der Waals surface area contributed by atoms with E-state index >= 15 is 0 Å². The number of rotatable bonds is 4. The molecule has 24 heavy (non-hydrogen) atoms. The highest BCUT2D eigenvalue weighted by Gasteiger charge is 2.25. The predicted molar refractivity (Wildman–Crippen MR) is 99.0 cm³/mol. The number of carbonyl (C=O) groups is 1. The van der Waals surface area contributed by atoms with Gasteiger partial charge in [0.25, 0.3) is 0 Å². The van der Waals surface area contributed by atoms with Crippen molar-refractivity contribution in [3.05, 3.63) is 65.2 Å². The Morgan fingerprint density at radius 3 is 2.50 bits per heavy atom. The molecule has 2 aromatic carbocycles. The number of benzene rings is 2.